The third-order valence-electron chi connectivity index (χ3n) is 2.63. The number of carbonyl (C=O) groups is 1. The zero-order chi connectivity index (χ0) is 10.5. The van der Waals surface area contributed by atoms with Gasteiger partial charge in [0.2, 0.25) is 0 Å². The number of nitrogens with one attached hydrogen (secondary N) is 2. The van der Waals surface area contributed by atoms with Crippen LogP contribution < -0.4 is 10.6 Å². The Kier molecular flexibility index (Phi) is 3.17. The molecule has 1 saturated carbocycles. The zero-order valence-electron chi connectivity index (χ0n) is 8.57. The van der Waals surface area contributed by atoms with Crippen molar-refractivity contribution in [2.75, 3.05) is 5.32 Å². The van der Waals surface area contributed by atoms with Crippen molar-refractivity contribution in [2.24, 2.45) is 0 Å². The summed E-state index contributed by atoms with van der Waals surface area (Å²) < 4.78 is 0. The second-order valence-electron chi connectivity index (χ2n) is 3.82. The first-order valence-corrected chi connectivity index (χ1v) is 5.32. The molecule has 0 aromatic carbocycles. The van der Waals surface area contributed by atoms with Gasteiger partial charge in [-0.05, 0) is 25.0 Å². The maximum atomic E-state index is 11.5. The number of hydrogen-bond donors (Lipinski definition) is 2. The molecule has 4 heteroatoms. The van der Waals surface area contributed by atoms with E-state index in [1.165, 1.54) is 12.8 Å². The van der Waals surface area contributed by atoms with E-state index in [4.69, 9.17) is 0 Å². The van der Waals surface area contributed by atoms with E-state index >= 15 is 0 Å². The first kappa shape index (κ1) is 9.96. The van der Waals surface area contributed by atoms with Crippen molar-refractivity contribution in [3.05, 3.63) is 24.5 Å². The van der Waals surface area contributed by atoms with Crippen LogP contribution in [0.2, 0.25) is 0 Å². The molecule has 1 aliphatic rings. The van der Waals surface area contributed by atoms with E-state index in [2.05, 4.69) is 15.6 Å². The Hall–Kier alpha value is -1.58. The van der Waals surface area contributed by atoms with Gasteiger partial charge in [0.15, 0.2) is 0 Å². The lowest BCUT2D eigenvalue weighted by Gasteiger charge is -2.12. The van der Waals surface area contributed by atoms with Gasteiger partial charge in [0.1, 0.15) is 0 Å². The Morgan fingerprint density at radius 3 is 2.60 bits per heavy atom. The first-order chi connectivity index (χ1) is 7.34. The fourth-order valence-corrected chi connectivity index (χ4v) is 1.86. The van der Waals surface area contributed by atoms with Gasteiger partial charge in [-0.2, -0.15) is 0 Å². The third-order valence-corrected chi connectivity index (χ3v) is 2.63. The summed E-state index contributed by atoms with van der Waals surface area (Å²) in [5, 5.41) is 5.74. The SMILES string of the molecule is O=C(Nc1ccncc1)NC1CCCC1. The smallest absolute Gasteiger partial charge is 0.319 e. The molecule has 0 saturated heterocycles. The second kappa shape index (κ2) is 4.77. The number of urea groups is 1. The number of anilines is 1. The average molecular weight is 205 g/mol. The number of aromatic nitrogens is 1. The van der Waals surface area contributed by atoms with Crippen LogP contribution in [-0.4, -0.2) is 17.1 Å². The minimum atomic E-state index is -0.117. The largest absolute Gasteiger partial charge is 0.335 e. The Morgan fingerprint density at radius 2 is 1.93 bits per heavy atom. The lowest BCUT2D eigenvalue weighted by Crippen LogP contribution is -2.36. The molecule has 1 aromatic heterocycles. The molecular formula is C11H15N3O. The van der Waals surface area contributed by atoms with Crippen LogP contribution in [0, 0.1) is 0 Å². The highest BCUT2D eigenvalue weighted by Crippen LogP contribution is 2.17. The van der Waals surface area contributed by atoms with E-state index < -0.39 is 0 Å². The molecule has 0 bridgehead atoms. The van der Waals surface area contributed by atoms with E-state index in [0.29, 0.717) is 6.04 Å². The number of pyridine rings is 1. The number of hydrogen-bond acceptors (Lipinski definition) is 2. The van der Waals surface area contributed by atoms with Crippen molar-refractivity contribution in [2.45, 2.75) is 31.7 Å². The van der Waals surface area contributed by atoms with Crippen LogP contribution in [0.25, 0.3) is 0 Å². The van der Waals surface area contributed by atoms with E-state index in [-0.39, 0.29) is 6.03 Å². The molecule has 4 nitrogen and oxygen atoms in total. The summed E-state index contributed by atoms with van der Waals surface area (Å²) in [5.41, 5.74) is 0.778. The van der Waals surface area contributed by atoms with Crippen molar-refractivity contribution in [1.82, 2.24) is 10.3 Å². The van der Waals surface area contributed by atoms with E-state index in [9.17, 15) is 4.79 Å². The monoisotopic (exact) mass is 205 g/mol. The lowest BCUT2D eigenvalue weighted by molar-refractivity contribution is 0.248. The number of amides is 2. The molecule has 0 atom stereocenters. The van der Waals surface area contributed by atoms with Gasteiger partial charge in [0.05, 0.1) is 0 Å². The van der Waals surface area contributed by atoms with Gasteiger partial charge in [-0.1, -0.05) is 12.8 Å². The summed E-state index contributed by atoms with van der Waals surface area (Å²) in [5.74, 6) is 0. The average Bonchev–Trinajstić information content (AvgIpc) is 2.71. The van der Waals surface area contributed by atoms with Crippen LogP contribution in [0.3, 0.4) is 0 Å². The van der Waals surface area contributed by atoms with Crippen LogP contribution in [-0.2, 0) is 0 Å². The van der Waals surface area contributed by atoms with Crippen molar-refractivity contribution < 1.29 is 4.79 Å². The van der Waals surface area contributed by atoms with E-state index in [1.807, 2.05) is 0 Å². The predicted molar refractivity (Wildman–Crippen MR) is 58.6 cm³/mol. The van der Waals surface area contributed by atoms with Gasteiger partial charge in [-0.15, -0.1) is 0 Å². The number of nitrogens with zero attached hydrogens (tertiary/aromatic N) is 1. The molecule has 0 unspecified atom stereocenters. The van der Waals surface area contributed by atoms with Crippen LogP contribution >= 0.6 is 0 Å². The number of carbonyl (C=O) groups excluding carboxylic acids is 1. The van der Waals surface area contributed by atoms with Gasteiger partial charge in [0, 0.05) is 24.1 Å². The minimum Gasteiger partial charge on any atom is -0.335 e. The van der Waals surface area contributed by atoms with Gasteiger partial charge in [-0.25, -0.2) is 4.79 Å². The maximum absolute atomic E-state index is 11.5. The predicted octanol–water partition coefficient (Wildman–Crippen LogP) is 2.15. The highest BCUT2D eigenvalue weighted by Gasteiger charge is 2.16. The zero-order valence-corrected chi connectivity index (χ0v) is 8.57. The Labute approximate surface area is 89.1 Å². The fraction of sp³-hybridized carbons (Fsp3) is 0.455. The highest BCUT2D eigenvalue weighted by atomic mass is 16.2. The molecule has 0 spiro atoms. The Morgan fingerprint density at radius 1 is 1.27 bits per heavy atom. The Bertz CT molecular complexity index is 320. The molecule has 15 heavy (non-hydrogen) atoms. The minimum absolute atomic E-state index is 0.117. The van der Waals surface area contributed by atoms with Gasteiger partial charge in [-0.3, -0.25) is 4.98 Å². The normalized spacial score (nSPS) is 16.3. The summed E-state index contributed by atoms with van der Waals surface area (Å²) in [6.07, 6.45) is 7.96. The molecule has 2 rings (SSSR count). The van der Waals surface area contributed by atoms with Crippen LogP contribution in [0.1, 0.15) is 25.7 Å². The molecule has 2 amide bonds. The summed E-state index contributed by atoms with van der Waals surface area (Å²) in [7, 11) is 0. The first-order valence-electron chi connectivity index (χ1n) is 5.32. The molecule has 2 N–H and O–H groups in total. The van der Waals surface area contributed by atoms with Crippen LogP contribution in [0.15, 0.2) is 24.5 Å². The molecule has 0 aliphatic heterocycles. The summed E-state index contributed by atoms with van der Waals surface area (Å²) >= 11 is 0. The van der Waals surface area contributed by atoms with Crippen LogP contribution in [0.5, 0.6) is 0 Å². The third kappa shape index (κ3) is 2.94. The molecule has 1 fully saturated rings. The lowest BCUT2D eigenvalue weighted by atomic mass is 10.2. The van der Waals surface area contributed by atoms with Gasteiger partial charge in [0.25, 0.3) is 0 Å². The van der Waals surface area contributed by atoms with Crippen molar-refractivity contribution in [3.63, 3.8) is 0 Å². The van der Waals surface area contributed by atoms with Crippen molar-refractivity contribution in [1.29, 1.82) is 0 Å². The van der Waals surface area contributed by atoms with Crippen molar-refractivity contribution >= 4 is 11.7 Å². The standard InChI is InChI=1S/C11H15N3O/c15-11(13-9-3-1-2-4-9)14-10-5-7-12-8-6-10/h5-9H,1-4H2,(H2,12,13,14,15). The second-order valence-corrected chi connectivity index (χ2v) is 3.82. The molecular weight excluding hydrogens is 190 g/mol. The van der Waals surface area contributed by atoms with Gasteiger partial charge >= 0.3 is 6.03 Å². The molecule has 80 valence electrons. The summed E-state index contributed by atoms with van der Waals surface area (Å²) in [6.45, 7) is 0. The van der Waals surface area contributed by atoms with E-state index in [1.54, 1.807) is 24.5 Å². The molecule has 1 aliphatic carbocycles. The van der Waals surface area contributed by atoms with Gasteiger partial charge < -0.3 is 10.6 Å². The summed E-state index contributed by atoms with van der Waals surface area (Å²) in [4.78, 5) is 15.4. The van der Waals surface area contributed by atoms with Crippen molar-refractivity contribution in [3.8, 4) is 0 Å². The topological polar surface area (TPSA) is 54.0 Å². The fourth-order valence-electron chi connectivity index (χ4n) is 1.86. The van der Waals surface area contributed by atoms with Crippen LogP contribution in [0.4, 0.5) is 10.5 Å². The summed E-state index contributed by atoms with van der Waals surface area (Å²) in [6, 6.07) is 3.78. The highest BCUT2D eigenvalue weighted by molar-refractivity contribution is 5.89. The molecule has 0 radical (unpaired) electrons. The Balaban J connectivity index is 1.82. The molecule has 1 heterocycles. The maximum Gasteiger partial charge on any atom is 0.319 e. The quantitative estimate of drug-likeness (QED) is 0.777. The number of rotatable bonds is 2. The molecule has 1 aromatic rings. The van der Waals surface area contributed by atoms with E-state index in [0.717, 1.165) is 18.5 Å².